The maximum Gasteiger partial charge on any atom is 0.251 e. The van der Waals surface area contributed by atoms with Crippen molar-refractivity contribution in [1.82, 2.24) is 9.97 Å². The fraction of sp³-hybridized carbons (Fsp3) is 0. The van der Waals surface area contributed by atoms with Crippen molar-refractivity contribution >= 4 is 27.5 Å². The highest BCUT2D eigenvalue weighted by atomic mass is 79.9. The Morgan fingerprint density at radius 3 is 2.57 bits per heavy atom. The van der Waals surface area contributed by atoms with Crippen molar-refractivity contribution in [3.05, 3.63) is 74.4 Å². The third-order valence-electron chi connectivity index (χ3n) is 2.99. The fourth-order valence-corrected chi connectivity index (χ4v) is 2.59. The molecule has 1 aromatic heterocycles. The van der Waals surface area contributed by atoms with Crippen molar-refractivity contribution in [3.63, 3.8) is 0 Å². The molecule has 5 heteroatoms. The standard InChI is InChI=1S/C16H10BrClN2O/c17-11-6-7-13(18)12(8-11)16-19-14(9-15(21)20-16)10-4-2-1-3-5-10/h1-9H,(H,19,20,21). The Morgan fingerprint density at radius 2 is 1.81 bits per heavy atom. The third-order valence-corrected chi connectivity index (χ3v) is 3.82. The fourth-order valence-electron chi connectivity index (χ4n) is 2.02. The van der Waals surface area contributed by atoms with Crippen molar-refractivity contribution in [1.29, 1.82) is 0 Å². The molecule has 0 radical (unpaired) electrons. The lowest BCUT2D eigenvalue weighted by Crippen LogP contribution is -2.08. The van der Waals surface area contributed by atoms with Crippen LogP contribution >= 0.6 is 27.5 Å². The largest absolute Gasteiger partial charge is 0.306 e. The van der Waals surface area contributed by atoms with Crippen LogP contribution in [0.5, 0.6) is 0 Å². The predicted molar refractivity (Wildman–Crippen MR) is 88.4 cm³/mol. The molecule has 3 rings (SSSR count). The summed E-state index contributed by atoms with van der Waals surface area (Å²) in [4.78, 5) is 19.1. The molecule has 3 nitrogen and oxygen atoms in total. The highest BCUT2D eigenvalue weighted by Gasteiger charge is 2.09. The van der Waals surface area contributed by atoms with Gasteiger partial charge in [-0.25, -0.2) is 4.98 Å². The summed E-state index contributed by atoms with van der Waals surface area (Å²) in [5.41, 5.74) is 1.97. The molecule has 2 aromatic carbocycles. The molecule has 21 heavy (non-hydrogen) atoms. The van der Waals surface area contributed by atoms with Gasteiger partial charge in [-0.2, -0.15) is 0 Å². The van der Waals surface area contributed by atoms with Crippen LogP contribution in [-0.4, -0.2) is 9.97 Å². The number of H-pyrrole nitrogens is 1. The summed E-state index contributed by atoms with van der Waals surface area (Å²) in [6.07, 6.45) is 0. The van der Waals surface area contributed by atoms with Gasteiger partial charge in [-0.1, -0.05) is 57.9 Å². The van der Waals surface area contributed by atoms with Crippen LogP contribution < -0.4 is 5.56 Å². The number of nitrogens with one attached hydrogen (secondary N) is 1. The van der Waals surface area contributed by atoms with Crippen LogP contribution in [0.4, 0.5) is 0 Å². The van der Waals surface area contributed by atoms with E-state index in [0.29, 0.717) is 22.1 Å². The van der Waals surface area contributed by atoms with Crippen molar-refractivity contribution < 1.29 is 0 Å². The predicted octanol–water partition coefficient (Wildman–Crippen LogP) is 4.52. The molecule has 1 N–H and O–H groups in total. The number of aromatic amines is 1. The van der Waals surface area contributed by atoms with E-state index in [2.05, 4.69) is 25.9 Å². The van der Waals surface area contributed by atoms with Crippen LogP contribution in [0.25, 0.3) is 22.6 Å². The second kappa shape index (κ2) is 5.84. The monoisotopic (exact) mass is 360 g/mol. The number of aromatic nitrogens is 2. The first-order chi connectivity index (χ1) is 10.1. The van der Waals surface area contributed by atoms with E-state index in [4.69, 9.17) is 11.6 Å². The summed E-state index contributed by atoms with van der Waals surface area (Å²) in [5.74, 6) is 0.452. The van der Waals surface area contributed by atoms with Crippen LogP contribution in [-0.2, 0) is 0 Å². The van der Waals surface area contributed by atoms with E-state index in [1.165, 1.54) is 6.07 Å². The van der Waals surface area contributed by atoms with Crippen molar-refractivity contribution in [2.75, 3.05) is 0 Å². The number of rotatable bonds is 2. The van der Waals surface area contributed by atoms with Crippen molar-refractivity contribution in [2.24, 2.45) is 0 Å². The van der Waals surface area contributed by atoms with Gasteiger partial charge >= 0.3 is 0 Å². The first kappa shape index (κ1) is 14.0. The zero-order valence-electron chi connectivity index (χ0n) is 10.8. The summed E-state index contributed by atoms with van der Waals surface area (Å²) in [5, 5.41) is 0.534. The summed E-state index contributed by atoms with van der Waals surface area (Å²) < 4.78 is 0.870. The molecule has 0 amide bonds. The minimum Gasteiger partial charge on any atom is -0.306 e. The van der Waals surface area contributed by atoms with E-state index in [1.54, 1.807) is 6.07 Å². The SMILES string of the molecule is O=c1cc(-c2ccccc2)nc(-c2cc(Br)ccc2Cl)[nH]1. The molecule has 0 aliphatic rings. The second-order valence-electron chi connectivity index (χ2n) is 4.47. The van der Waals surface area contributed by atoms with E-state index in [9.17, 15) is 4.79 Å². The quantitative estimate of drug-likeness (QED) is 0.729. The number of nitrogens with zero attached hydrogens (tertiary/aromatic N) is 1. The Bertz CT molecular complexity index is 846. The van der Waals surface area contributed by atoms with Gasteiger partial charge < -0.3 is 4.98 Å². The molecule has 0 aliphatic heterocycles. The van der Waals surface area contributed by atoms with Gasteiger partial charge in [0, 0.05) is 21.7 Å². The Balaban J connectivity index is 2.19. The Kier molecular flexibility index (Phi) is 3.90. The number of hydrogen-bond donors (Lipinski definition) is 1. The molecule has 1 heterocycles. The average Bonchev–Trinajstić information content (AvgIpc) is 2.50. The van der Waals surface area contributed by atoms with Crippen LogP contribution in [0.3, 0.4) is 0 Å². The zero-order valence-corrected chi connectivity index (χ0v) is 13.1. The summed E-state index contributed by atoms with van der Waals surface area (Å²) in [6, 6.07) is 16.5. The van der Waals surface area contributed by atoms with Gasteiger partial charge in [0.05, 0.1) is 10.7 Å². The molecule has 0 spiro atoms. The second-order valence-corrected chi connectivity index (χ2v) is 5.79. The maximum absolute atomic E-state index is 11.9. The van der Waals surface area contributed by atoms with Gasteiger partial charge in [-0.15, -0.1) is 0 Å². The minimum atomic E-state index is -0.213. The smallest absolute Gasteiger partial charge is 0.251 e. The maximum atomic E-state index is 11.9. The van der Waals surface area contributed by atoms with Crippen LogP contribution in [0.2, 0.25) is 5.02 Å². The van der Waals surface area contributed by atoms with E-state index >= 15 is 0 Å². The van der Waals surface area contributed by atoms with Gasteiger partial charge in [0.1, 0.15) is 5.82 Å². The van der Waals surface area contributed by atoms with Gasteiger partial charge in [0.15, 0.2) is 0 Å². The van der Waals surface area contributed by atoms with E-state index in [0.717, 1.165) is 10.0 Å². The molecule has 3 aromatic rings. The number of benzene rings is 2. The number of hydrogen-bond acceptors (Lipinski definition) is 2. The van der Waals surface area contributed by atoms with Crippen LogP contribution in [0.15, 0.2) is 63.9 Å². The lowest BCUT2D eigenvalue weighted by molar-refractivity contribution is 1.13. The van der Waals surface area contributed by atoms with E-state index in [1.807, 2.05) is 42.5 Å². The molecular weight excluding hydrogens is 352 g/mol. The molecule has 0 bridgehead atoms. The molecule has 0 atom stereocenters. The Hall–Kier alpha value is -1.91. The minimum absolute atomic E-state index is 0.213. The summed E-state index contributed by atoms with van der Waals surface area (Å²) in [7, 11) is 0. The van der Waals surface area contributed by atoms with Crippen LogP contribution in [0, 0.1) is 0 Å². The molecular formula is C16H10BrClN2O. The molecule has 104 valence electrons. The average molecular weight is 362 g/mol. The molecule has 0 saturated heterocycles. The topological polar surface area (TPSA) is 45.8 Å². The van der Waals surface area contributed by atoms with E-state index < -0.39 is 0 Å². The normalized spacial score (nSPS) is 10.6. The lowest BCUT2D eigenvalue weighted by Gasteiger charge is -2.07. The zero-order chi connectivity index (χ0) is 14.8. The lowest BCUT2D eigenvalue weighted by atomic mass is 10.1. The summed E-state index contributed by atoms with van der Waals surface area (Å²) in [6.45, 7) is 0. The van der Waals surface area contributed by atoms with Crippen LogP contribution in [0.1, 0.15) is 0 Å². The Labute approximate surface area is 134 Å². The van der Waals surface area contributed by atoms with Gasteiger partial charge in [0.25, 0.3) is 5.56 Å². The molecule has 0 fully saturated rings. The molecule has 0 aliphatic carbocycles. The summed E-state index contributed by atoms with van der Waals surface area (Å²) >= 11 is 9.60. The highest BCUT2D eigenvalue weighted by molar-refractivity contribution is 9.10. The van der Waals surface area contributed by atoms with Crippen molar-refractivity contribution in [3.8, 4) is 22.6 Å². The van der Waals surface area contributed by atoms with Gasteiger partial charge in [-0.3, -0.25) is 4.79 Å². The number of halogens is 2. The first-order valence-corrected chi connectivity index (χ1v) is 7.43. The molecule has 0 saturated carbocycles. The highest BCUT2D eigenvalue weighted by Crippen LogP contribution is 2.29. The van der Waals surface area contributed by atoms with Crippen molar-refractivity contribution in [2.45, 2.75) is 0 Å². The van der Waals surface area contributed by atoms with Gasteiger partial charge in [0.2, 0.25) is 0 Å². The van der Waals surface area contributed by atoms with Gasteiger partial charge in [-0.05, 0) is 18.2 Å². The molecule has 0 unspecified atom stereocenters. The van der Waals surface area contributed by atoms with E-state index in [-0.39, 0.29) is 5.56 Å². The Morgan fingerprint density at radius 1 is 1.05 bits per heavy atom. The third kappa shape index (κ3) is 3.06. The first-order valence-electron chi connectivity index (χ1n) is 6.26.